The van der Waals surface area contributed by atoms with Crippen LogP contribution < -0.4 is 5.32 Å². The van der Waals surface area contributed by atoms with E-state index < -0.39 is 17.5 Å². The summed E-state index contributed by atoms with van der Waals surface area (Å²) in [5, 5.41) is 2.80. The molecule has 5 fully saturated rings. The molecule has 5 aliphatic rings. The number of nitrogens with one attached hydrogen (secondary N) is 1. The Kier molecular flexibility index (Phi) is 3.68. The average molecular weight is 348 g/mol. The zero-order chi connectivity index (χ0) is 18.0. The second-order valence-corrected chi connectivity index (χ2v) is 9.09. The third kappa shape index (κ3) is 2.40. The van der Waals surface area contributed by atoms with Crippen LogP contribution in [0.2, 0.25) is 0 Å². The van der Waals surface area contributed by atoms with E-state index in [1.807, 2.05) is 0 Å². The SMILES string of the molecule is C[C@H]1[C@H]2C[C@H](C[C@H]1OC(=O)CN1C(=O)NC3(CCCC3)C1=O)C2(C)C. The Bertz CT molecular complexity index is 623. The van der Waals surface area contributed by atoms with Gasteiger partial charge in [0.25, 0.3) is 5.91 Å². The summed E-state index contributed by atoms with van der Waals surface area (Å²) in [6.07, 6.45) is 5.22. The lowest BCUT2D eigenvalue weighted by Gasteiger charge is -2.61. The van der Waals surface area contributed by atoms with Gasteiger partial charge in [0.1, 0.15) is 18.2 Å². The molecule has 4 saturated carbocycles. The summed E-state index contributed by atoms with van der Waals surface area (Å²) in [4.78, 5) is 38.2. The molecule has 0 aromatic rings. The first-order valence-electron chi connectivity index (χ1n) is 9.58. The molecule has 1 heterocycles. The quantitative estimate of drug-likeness (QED) is 0.628. The number of nitrogens with zero attached hydrogens (tertiary/aromatic N) is 1. The van der Waals surface area contributed by atoms with E-state index in [1.165, 1.54) is 6.42 Å². The zero-order valence-electron chi connectivity index (χ0n) is 15.3. The Hall–Kier alpha value is -1.59. The Morgan fingerprint density at radius 2 is 1.92 bits per heavy atom. The molecule has 0 unspecified atom stereocenters. The molecular formula is C19H28N2O4. The summed E-state index contributed by atoms with van der Waals surface area (Å²) in [7, 11) is 0. The molecule has 1 saturated heterocycles. The van der Waals surface area contributed by atoms with E-state index in [-0.39, 0.29) is 18.6 Å². The topological polar surface area (TPSA) is 75.7 Å². The summed E-state index contributed by atoms with van der Waals surface area (Å²) in [5.41, 5.74) is -0.427. The molecule has 0 aromatic heterocycles. The number of esters is 1. The van der Waals surface area contributed by atoms with Gasteiger partial charge >= 0.3 is 12.0 Å². The van der Waals surface area contributed by atoms with Crippen molar-refractivity contribution < 1.29 is 19.1 Å². The van der Waals surface area contributed by atoms with Crippen molar-refractivity contribution in [3.05, 3.63) is 0 Å². The van der Waals surface area contributed by atoms with Gasteiger partial charge in [-0.3, -0.25) is 14.5 Å². The van der Waals surface area contributed by atoms with Gasteiger partial charge in [0.15, 0.2) is 0 Å². The fourth-order valence-corrected chi connectivity index (χ4v) is 5.73. The van der Waals surface area contributed by atoms with E-state index in [2.05, 4.69) is 26.1 Å². The zero-order valence-corrected chi connectivity index (χ0v) is 15.3. The largest absolute Gasteiger partial charge is 0.461 e. The normalized spacial score (nSPS) is 37.8. The molecule has 0 radical (unpaired) electrons. The first-order valence-corrected chi connectivity index (χ1v) is 9.58. The lowest BCUT2D eigenvalue weighted by Crippen LogP contribution is -2.57. The van der Waals surface area contributed by atoms with Gasteiger partial charge in [-0.1, -0.05) is 33.6 Å². The van der Waals surface area contributed by atoms with Crippen LogP contribution in [0.5, 0.6) is 0 Å². The highest BCUT2D eigenvalue weighted by molar-refractivity contribution is 6.08. The molecule has 1 spiro atoms. The van der Waals surface area contributed by atoms with Crippen molar-refractivity contribution in [1.29, 1.82) is 0 Å². The van der Waals surface area contributed by atoms with Crippen LogP contribution in [0.4, 0.5) is 4.79 Å². The first kappa shape index (κ1) is 16.9. The minimum absolute atomic E-state index is 0.0921. The first-order chi connectivity index (χ1) is 11.7. The smallest absolute Gasteiger partial charge is 0.326 e. The molecule has 1 aliphatic heterocycles. The van der Waals surface area contributed by atoms with Gasteiger partial charge in [0.2, 0.25) is 0 Å². The average Bonchev–Trinajstić information content (AvgIpc) is 3.10. The number of carbonyl (C=O) groups is 3. The van der Waals surface area contributed by atoms with Crippen LogP contribution in [-0.4, -0.2) is 41.0 Å². The molecule has 0 aromatic carbocycles. The maximum absolute atomic E-state index is 12.6. The van der Waals surface area contributed by atoms with Crippen LogP contribution in [-0.2, 0) is 14.3 Å². The Balaban J connectivity index is 1.37. The van der Waals surface area contributed by atoms with E-state index in [9.17, 15) is 14.4 Å². The molecule has 2 bridgehead atoms. The maximum Gasteiger partial charge on any atom is 0.326 e. The molecule has 138 valence electrons. The Labute approximate surface area is 148 Å². The lowest BCUT2D eigenvalue weighted by atomic mass is 9.45. The minimum Gasteiger partial charge on any atom is -0.461 e. The van der Waals surface area contributed by atoms with E-state index in [0.29, 0.717) is 36.0 Å². The summed E-state index contributed by atoms with van der Waals surface area (Å²) in [6.45, 7) is 6.48. The summed E-state index contributed by atoms with van der Waals surface area (Å²) >= 11 is 0. The molecule has 25 heavy (non-hydrogen) atoms. The number of hydrogen-bond acceptors (Lipinski definition) is 4. The summed E-state index contributed by atoms with van der Waals surface area (Å²) in [6, 6.07) is -0.454. The monoisotopic (exact) mass is 348 g/mol. The third-order valence-electron chi connectivity index (χ3n) is 7.56. The van der Waals surface area contributed by atoms with Crippen LogP contribution >= 0.6 is 0 Å². The van der Waals surface area contributed by atoms with Gasteiger partial charge in [-0.05, 0) is 48.9 Å². The fourth-order valence-electron chi connectivity index (χ4n) is 5.73. The predicted molar refractivity (Wildman–Crippen MR) is 90.5 cm³/mol. The highest BCUT2D eigenvalue weighted by atomic mass is 16.5. The van der Waals surface area contributed by atoms with Gasteiger partial charge in [-0.15, -0.1) is 0 Å². The van der Waals surface area contributed by atoms with Crippen molar-refractivity contribution >= 4 is 17.9 Å². The number of ether oxygens (including phenoxy) is 1. The highest BCUT2D eigenvalue weighted by Crippen LogP contribution is 2.61. The fraction of sp³-hybridized carbons (Fsp3) is 0.842. The van der Waals surface area contributed by atoms with Crippen molar-refractivity contribution in [1.82, 2.24) is 10.2 Å². The van der Waals surface area contributed by atoms with E-state index in [4.69, 9.17) is 4.74 Å². The van der Waals surface area contributed by atoms with Crippen molar-refractivity contribution in [2.24, 2.45) is 23.2 Å². The van der Waals surface area contributed by atoms with Crippen LogP contribution in [0.15, 0.2) is 0 Å². The second-order valence-electron chi connectivity index (χ2n) is 9.09. The number of amides is 3. The van der Waals surface area contributed by atoms with Crippen LogP contribution in [0.1, 0.15) is 59.3 Å². The number of urea groups is 1. The van der Waals surface area contributed by atoms with Gasteiger partial charge in [-0.2, -0.15) is 0 Å². The van der Waals surface area contributed by atoms with Crippen molar-refractivity contribution in [3.63, 3.8) is 0 Å². The summed E-state index contributed by atoms with van der Waals surface area (Å²) in [5.74, 6) is 0.794. The van der Waals surface area contributed by atoms with E-state index in [0.717, 1.165) is 24.2 Å². The van der Waals surface area contributed by atoms with Crippen molar-refractivity contribution in [2.45, 2.75) is 70.9 Å². The second kappa shape index (κ2) is 5.45. The lowest BCUT2D eigenvalue weighted by molar-refractivity contribution is -0.186. The maximum atomic E-state index is 12.6. The Morgan fingerprint density at radius 1 is 1.24 bits per heavy atom. The molecule has 6 heteroatoms. The molecule has 4 aliphatic carbocycles. The third-order valence-corrected chi connectivity index (χ3v) is 7.56. The van der Waals surface area contributed by atoms with Gasteiger partial charge < -0.3 is 10.1 Å². The van der Waals surface area contributed by atoms with Crippen molar-refractivity contribution in [3.8, 4) is 0 Å². The molecule has 4 atom stereocenters. The number of imide groups is 1. The Morgan fingerprint density at radius 3 is 2.52 bits per heavy atom. The number of carbonyl (C=O) groups excluding carboxylic acids is 3. The van der Waals surface area contributed by atoms with E-state index >= 15 is 0 Å². The molecule has 1 N–H and O–H groups in total. The van der Waals surface area contributed by atoms with Crippen LogP contribution in [0.25, 0.3) is 0 Å². The molecule has 6 nitrogen and oxygen atoms in total. The highest BCUT2D eigenvalue weighted by Gasteiger charge is 2.57. The molecule has 5 rings (SSSR count). The number of fused-ring (bicyclic) bond motifs is 2. The minimum atomic E-state index is -0.763. The van der Waals surface area contributed by atoms with Crippen LogP contribution in [0.3, 0.4) is 0 Å². The predicted octanol–water partition coefficient (Wildman–Crippen LogP) is 2.46. The van der Waals surface area contributed by atoms with Crippen molar-refractivity contribution in [2.75, 3.05) is 6.54 Å². The van der Waals surface area contributed by atoms with Crippen LogP contribution in [0, 0.1) is 23.2 Å². The molecule has 3 amide bonds. The molecular weight excluding hydrogens is 320 g/mol. The van der Waals surface area contributed by atoms with Gasteiger partial charge in [-0.25, -0.2) is 4.79 Å². The van der Waals surface area contributed by atoms with Gasteiger partial charge in [0, 0.05) is 0 Å². The standard InChI is InChI=1S/C19H28N2O4/c1-11-13-8-12(18(13,2)3)9-14(11)25-15(22)10-21-16(23)19(20-17(21)24)6-4-5-7-19/h11-14H,4-10H2,1-3H3,(H,20,24)/t11-,12+,13+,14+/m0/s1. The summed E-state index contributed by atoms with van der Waals surface area (Å²) < 4.78 is 5.69. The number of rotatable bonds is 3. The van der Waals surface area contributed by atoms with E-state index in [1.54, 1.807) is 0 Å². The number of hydrogen-bond donors (Lipinski definition) is 1. The van der Waals surface area contributed by atoms with Gasteiger partial charge in [0.05, 0.1) is 0 Å².